The fourth-order valence-electron chi connectivity index (χ4n) is 1.23. The molecule has 5 nitrogen and oxygen atoms in total. The minimum absolute atomic E-state index is 0.0869. The average Bonchev–Trinajstić information content (AvgIpc) is 2.26. The smallest absolute Gasteiger partial charge is 0.241 e. The molecule has 1 amide bonds. The van der Waals surface area contributed by atoms with E-state index in [0.717, 1.165) is 6.26 Å². The van der Waals surface area contributed by atoms with E-state index in [0.29, 0.717) is 5.69 Å². The van der Waals surface area contributed by atoms with Crippen molar-refractivity contribution in [2.45, 2.75) is 12.5 Å². The molecule has 1 aromatic rings. The summed E-state index contributed by atoms with van der Waals surface area (Å²) in [6.45, 7) is 0. The summed E-state index contributed by atoms with van der Waals surface area (Å²) in [5.74, 6) is -0.462. The summed E-state index contributed by atoms with van der Waals surface area (Å²) >= 11 is 0. The Morgan fingerprint density at radius 2 is 1.94 bits per heavy atom. The third kappa shape index (κ3) is 5.46. The van der Waals surface area contributed by atoms with Crippen LogP contribution in [0.25, 0.3) is 0 Å². The standard InChI is InChI=1S/C11H16N2O3S/c1-17(15,16)8-7-10(12)11(14)13-9-5-3-2-4-6-9/h2-6,10H,7-8,12H2,1H3,(H,13,14)/t10-/m0/s1. The molecule has 0 radical (unpaired) electrons. The van der Waals surface area contributed by atoms with Gasteiger partial charge in [-0.25, -0.2) is 8.42 Å². The number of para-hydroxylation sites is 1. The molecule has 0 saturated heterocycles. The van der Waals surface area contributed by atoms with E-state index in [-0.39, 0.29) is 18.1 Å². The van der Waals surface area contributed by atoms with Crippen LogP contribution in [0.15, 0.2) is 30.3 Å². The lowest BCUT2D eigenvalue weighted by Crippen LogP contribution is -2.37. The van der Waals surface area contributed by atoms with Crippen LogP contribution in [0.3, 0.4) is 0 Å². The predicted molar refractivity (Wildman–Crippen MR) is 67.4 cm³/mol. The van der Waals surface area contributed by atoms with Gasteiger partial charge in [-0.2, -0.15) is 0 Å². The molecule has 0 aliphatic rings. The molecule has 0 bridgehead atoms. The van der Waals surface area contributed by atoms with E-state index in [4.69, 9.17) is 5.73 Å². The van der Waals surface area contributed by atoms with E-state index in [1.54, 1.807) is 24.3 Å². The van der Waals surface area contributed by atoms with Crippen LogP contribution >= 0.6 is 0 Å². The number of benzene rings is 1. The topological polar surface area (TPSA) is 89.3 Å². The van der Waals surface area contributed by atoms with Crippen LogP contribution in [-0.2, 0) is 14.6 Å². The van der Waals surface area contributed by atoms with Crippen LogP contribution < -0.4 is 11.1 Å². The predicted octanol–water partition coefficient (Wildman–Crippen LogP) is 0.387. The van der Waals surface area contributed by atoms with E-state index in [9.17, 15) is 13.2 Å². The van der Waals surface area contributed by atoms with E-state index < -0.39 is 15.9 Å². The lowest BCUT2D eigenvalue weighted by molar-refractivity contribution is -0.117. The monoisotopic (exact) mass is 256 g/mol. The van der Waals surface area contributed by atoms with Crippen molar-refractivity contribution in [3.8, 4) is 0 Å². The van der Waals surface area contributed by atoms with Crippen molar-refractivity contribution in [1.82, 2.24) is 0 Å². The van der Waals surface area contributed by atoms with Gasteiger partial charge in [0, 0.05) is 11.9 Å². The van der Waals surface area contributed by atoms with Crippen LogP contribution in [0.4, 0.5) is 5.69 Å². The third-order valence-electron chi connectivity index (χ3n) is 2.18. The number of rotatable bonds is 5. The van der Waals surface area contributed by atoms with Crippen molar-refractivity contribution in [3.63, 3.8) is 0 Å². The molecule has 1 aromatic carbocycles. The zero-order valence-corrected chi connectivity index (χ0v) is 10.4. The molecule has 0 aliphatic heterocycles. The van der Waals surface area contributed by atoms with Crippen molar-refractivity contribution in [2.75, 3.05) is 17.3 Å². The minimum Gasteiger partial charge on any atom is -0.325 e. The Hall–Kier alpha value is -1.40. The van der Waals surface area contributed by atoms with Crippen LogP contribution in [-0.4, -0.2) is 32.4 Å². The quantitative estimate of drug-likeness (QED) is 0.797. The van der Waals surface area contributed by atoms with Crippen molar-refractivity contribution >= 4 is 21.4 Å². The van der Waals surface area contributed by atoms with Gasteiger partial charge in [-0.15, -0.1) is 0 Å². The SMILES string of the molecule is CS(=O)(=O)CC[C@H](N)C(=O)Nc1ccccc1. The molecular formula is C11H16N2O3S. The zero-order chi connectivity index (χ0) is 12.9. The summed E-state index contributed by atoms with van der Waals surface area (Å²) in [5, 5.41) is 2.62. The van der Waals surface area contributed by atoms with Crippen molar-refractivity contribution < 1.29 is 13.2 Å². The average molecular weight is 256 g/mol. The van der Waals surface area contributed by atoms with Crippen molar-refractivity contribution in [2.24, 2.45) is 5.73 Å². The number of amides is 1. The maximum absolute atomic E-state index is 11.6. The molecule has 0 aromatic heterocycles. The zero-order valence-electron chi connectivity index (χ0n) is 9.59. The molecule has 94 valence electrons. The van der Waals surface area contributed by atoms with E-state index in [1.807, 2.05) is 6.07 Å². The Kier molecular flexibility index (Phi) is 4.65. The Morgan fingerprint density at radius 1 is 1.35 bits per heavy atom. The Morgan fingerprint density at radius 3 is 2.47 bits per heavy atom. The van der Waals surface area contributed by atoms with Gasteiger partial charge in [-0.05, 0) is 18.6 Å². The number of nitrogens with one attached hydrogen (secondary N) is 1. The number of sulfone groups is 1. The maximum atomic E-state index is 11.6. The highest BCUT2D eigenvalue weighted by Crippen LogP contribution is 2.06. The fraction of sp³-hybridized carbons (Fsp3) is 0.364. The molecule has 3 N–H and O–H groups in total. The number of hydrogen-bond donors (Lipinski definition) is 2. The normalized spacial score (nSPS) is 13.1. The van der Waals surface area contributed by atoms with E-state index in [2.05, 4.69) is 5.32 Å². The van der Waals surface area contributed by atoms with Gasteiger partial charge in [0.2, 0.25) is 5.91 Å². The molecule has 6 heteroatoms. The first-order valence-corrected chi connectivity index (χ1v) is 7.24. The molecule has 0 aliphatic carbocycles. The first-order valence-electron chi connectivity index (χ1n) is 5.18. The number of carbonyl (C=O) groups is 1. The van der Waals surface area contributed by atoms with Crippen molar-refractivity contribution in [1.29, 1.82) is 0 Å². The minimum atomic E-state index is -3.09. The first-order chi connectivity index (χ1) is 7.88. The van der Waals surface area contributed by atoms with Gasteiger partial charge in [0.1, 0.15) is 9.84 Å². The van der Waals surface area contributed by atoms with Crippen LogP contribution in [0.2, 0.25) is 0 Å². The highest BCUT2D eigenvalue weighted by molar-refractivity contribution is 7.90. The van der Waals surface area contributed by atoms with Gasteiger partial charge in [0.05, 0.1) is 11.8 Å². The van der Waals surface area contributed by atoms with Gasteiger partial charge in [0.25, 0.3) is 0 Å². The highest BCUT2D eigenvalue weighted by atomic mass is 32.2. The largest absolute Gasteiger partial charge is 0.325 e. The lowest BCUT2D eigenvalue weighted by Gasteiger charge is -2.11. The van der Waals surface area contributed by atoms with Crippen LogP contribution in [0, 0.1) is 0 Å². The van der Waals surface area contributed by atoms with E-state index in [1.165, 1.54) is 0 Å². The molecule has 0 fully saturated rings. The second-order valence-electron chi connectivity index (χ2n) is 3.88. The maximum Gasteiger partial charge on any atom is 0.241 e. The van der Waals surface area contributed by atoms with Gasteiger partial charge in [-0.1, -0.05) is 18.2 Å². The second kappa shape index (κ2) is 5.79. The van der Waals surface area contributed by atoms with Crippen LogP contribution in [0.1, 0.15) is 6.42 Å². The molecule has 1 atom stereocenters. The number of hydrogen-bond acceptors (Lipinski definition) is 4. The Bertz CT molecular complexity index is 471. The van der Waals surface area contributed by atoms with Gasteiger partial charge < -0.3 is 11.1 Å². The number of carbonyl (C=O) groups excluding carboxylic acids is 1. The first kappa shape index (κ1) is 13.7. The summed E-state index contributed by atoms with van der Waals surface area (Å²) in [4.78, 5) is 11.6. The summed E-state index contributed by atoms with van der Waals surface area (Å²) < 4.78 is 21.9. The molecule has 0 spiro atoms. The summed E-state index contributed by atoms with van der Waals surface area (Å²) in [6.07, 6.45) is 1.24. The summed E-state index contributed by atoms with van der Waals surface area (Å²) in [7, 11) is -3.09. The van der Waals surface area contributed by atoms with Gasteiger partial charge in [-0.3, -0.25) is 4.79 Å². The second-order valence-corrected chi connectivity index (χ2v) is 6.14. The Balaban J connectivity index is 2.48. The molecule has 17 heavy (non-hydrogen) atoms. The molecular weight excluding hydrogens is 240 g/mol. The number of nitrogens with two attached hydrogens (primary N) is 1. The molecule has 0 heterocycles. The molecule has 0 unspecified atom stereocenters. The van der Waals surface area contributed by atoms with Crippen molar-refractivity contribution in [3.05, 3.63) is 30.3 Å². The van der Waals surface area contributed by atoms with E-state index >= 15 is 0 Å². The Labute approximate surface area is 101 Å². The molecule has 0 saturated carbocycles. The molecule has 1 rings (SSSR count). The van der Waals surface area contributed by atoms with Gasteiger partial charge in [0.15, 0.2) is 0 Å². The van der Waals surface area contributed by atoms with Crippen LogP contribution in [0.5, 0.6) is 0 Å². The fourth-order valence-corrected chi connectivity index (χ4v) is 1.91. The number of anilines is 1. The summed E-state index contributed by atoms with van der Waals surface area (Å²) in [6, 6.07) is 8.07. The highest BCUT2D eigenvalue weighted by Gasteiger charge is 2.15. The summed E-state index contributed by atoms with van der Waals surface area (Å²) in [5.41, 5.74) is 6.24. The third-order valence-corrected chi connectivity index (χ3v) is 3.16. The van der Waals surface area contributed by atoms with Gasteiger partial charge >= 0.3 is 0 Å². The lowest BCUT2D eigenvalue weighted by atomic mass is 10.2.